The fourth-order valence-corrected chi connectivity index (χ4v) is 1.82. The van der Waals surface area contributed by atoms with Crippen LogP contribution < -0.4 is 0 Å². The van der Waals surface area contributed by atoms with Gasteiger partial charge in [-0.2, -0.15) is 0 Å². The molecule has 0 aromatic heterocycles. The van der Waals surface area contributed by atoms with Gasteiger partial charge in [0.05, 0.1) is 0 Å². The lowest BCUT2D eigenvalue weighted by atomic mass is 10.2. The quantitative estimate of drug-likeness (QED) is 0.545. The predicted molar refractivity (Wildman–Crippen MR) is 41.8 cm³/mol. The maximum atomic E-state index is 10.8. The number of ether oxygens (including phenoxy) is 1. The molecule has 1 aliphatic rings. The Balaban J connectivity index is 2.49. The first kappa shape index (κ1) is 7.92. The number of carbonyl (C=O) groups excluding carboxylic acids is 1. The molecule has 3 heteroatoms. The fraction of sp³-hybridized carbons (Fsp3) is 0.857. The normalized spacial score (nSPS) is 33.0. The van der Waals surface area contributed by atoms with Crippen LogP contribution in [0.15, 0.2) is 0 Å². The summed E-state index contributed by atoms with van der Waals surface area (Å²) in [5.41, 5.74) is 0.0856. The fourth-order valence-electron chi connectivity index (χ4n) is 0.788. The van der Waals surface area contributed by atoms with Gasteiger partial charge >= 0.3 is 5.97 Å². The molecule has 0 N–H and O–H groups in total. The van der Waals surface area contributed by atoms with Gasteiger partial charge in [0.15, 0.2) is 5.44 Å². The molecule has 2 atom stereocenters. The molecule has 58 valence electrons. The van der Waals surface area contributed by atoms with Crippen LogP contribution in [0.25, 0.3) is 0 Å². The molecule has 1 saturated heterocycles. The van der Waals surface area contributed by atoms with E-state index in [4.69, 9.17) is 4.74 Å². The van der Waals surface area contributed by atoms with Crippen molar-refractivity contribution in [2.24, 2.45) is 5.92 Å². The molecule has 0 aliphatic carbocycles. The van der Waals surface area contributed by atoms with E-state index in [1.807, 2.05) is 6.92 Å². The molecule has 0 unspecified atom stereocenters. The van der Waals surface area contributed by atoms with Gasteiger partial charge in [0.25, 0.3) is 0 Å². The highest BCUT2D eigenvalue weighted by Crippen LogP contribution is 2.32. The molecule has 1 heterocycles. The zero-order chi connectivity index (χ0) is 7.72. The van der Waals surface area contributed by atoms with Gasteiger partial charge in [0.1, 0.15) is 5.25 Å². The van der Waals surface area contributed by atoms with Crippen molar-refractivity contribution in [2.45, 2.75) is 31.5 Å². The Hall–Kier alpha value is -0.180. The van der Waals surface area contributed by atoms with Crippen molar-refractivity contribution < 1.29 is 9.53 Å². The Kier molecular flexibility index (Phi) is 2.24. The molecule has 10 heavy (non-hydrogen) atoms. The zero-order valence-corrected chi connectivity index (χ0v) is 7.27. The molecule has 2 nitrogen and oxygen atoms in total. The molecule has 1 rings (SSSR count). The van der Waals surface area contributed by atoms with E-state index >= 15 is 0 Å². The largest absolute Gasteiger partial charge is 0.450 e. The highest BCUT2D eigenvalue weighted by atomic mass is 32.2. The number of hydrogen-bond acceptors (Lipinski definition) is 3. The third kappa shape index (κ3) is 1.45. The number of thioether (sulfide) groups is 1. The van der Waals surface area contributed by atoms with Gasteiger partial charge in [-0.15, -0.1) is 11.8 Å². The number of carbonyl (C=O) groups is 1. The van der Waals surface area contributed by atoms with Crippen molar-refractivity contribution in [3.8, 4) is 0 Å². The minimum absolute atomic E-state index is 0.0346. The summed E-state index contributed by atoms with van der Waals surface area (Å²) in [6.07, 6.45) is 0. The van der Waals surface area contributed by atoms with E-state index in [0.29, 0.717) is 5.92 Å². The Bertz CT molecular complexity index is 145. The van der Waals surface area contributed by atoms with Crippen molar-refractivity contribution in [2.75, 3.05) is 0 Å². The minimum atomic E-state index is -0.0660. The molecule has 0 radical (unpaired) electrons. The molecular weight excluding hydrogens is 148 g/mol. The van der Waals surface area contributed by atoms with Crippen LogP contribution in [0.3, 0.4) is 0 Å². The monoisotopic (exact) mass is 160 g/mol. The molecule has 0 aromatic carbocycles. The lowest BCUT2D eigenvalue weighted by Crippen LogP contribution is -2.12. The van der Waals surface area contributed by atoms with Gasteiger partial charge in [-0.3, -0.25) is 4.79 Å². The number of rotatable bonds is 1. The van der Waals surface area contributed by atoms with Crippen LogP contribution in [0.4, 0.5) is 0 Å². The van der Waals surface area contributed by atoms with E-state index < -0.39 is 0 Å². The second kappa shape index (κ2) is 2.82. The van der Waals surface area contributed by atoms with Gasteiger partial charge in [-0.05, 0) is 12.8 Å². The highest BCUT2D eigenvalue weighted by molar-refractivity contribution is 8.01. The summed E-state index contributed by atoms with van der Waals surface area (Å²) < 4.78 is 5.06. The van der Waals surface area contributed by atoms with Crippen LogP contribution in [0, 0.1) is 5.92 Å². The Morgan fingerprint density at radius 2 is 2.20 bits per heavy atom. The molecule has 0 saturated carbocycles. The minimum Gasteiger partial charge on any atom is -0.450 e. The summed E-state index contributed by atoms with van der Waals surface area (Å²) in [5, 5.41) is 0.0346. The first-order chi connectivity index (χ1) is 4.61. The van der Waals surface area contributed by atoms with Crippen LogP contribution in [-0.2, 0) is 9.53 Å². The van der Waals surface area contributed by atoms with Crippen molar-refractivity contribution in [1.29, 1.82) is 0 Å². The molecule has 1 fully saturated rings. The van der Waals surface area contributed by atoms with Crippen molar-refractivity contribution in [3.63, 3.8) is 0 Å². The average molecular weight is 160 g/mol. The van der Waals surface area contributed by atoms with Crippen LogP contribution in [0.1, 0.15) is 20.8 Å². The van der Waals surface area contributed by atoms with Crippen LogP contribution in [0.5, 0.6) is 0 Å². The van der Waals surface area contributed by atoms with Crippen molar-refractivity contribution in [1.82, 2.24) is 0 Å². The predicted octanol–water partition coefficient (Wildman–Crippen LogP) is 1.65. The molecule has 0 aromatic rings. The van der Waals surface area contributed by atoms with Gasteiger partial charge in [0, 0.05) is 0 Å². The second-order valence-electron chi connectivity index (χ2n) is 2.83. The first-order valence-corrected chi connectivity index (χ1v) is 4.41. The molecule has 0 spiro atoms. The Labute approximate surface area is 65.3 Å². The van der Waals surface area contributed by atoms with Crippen molar-refractivity contribution >= 4 is 17.7 Å². The second-order valence-corrected chi connectivity index (χ2v) is 4.27. The van der Waals surface area contributed by atoms with E-state index in [9.17, 15) is 4.79 Å². The summed E-state index contributed by atoms with van der Waals surface area (Å²) in [6, 6.07) is 0. The van der Waals surface area contributed by atoms with Crippen LogP contribution >= 0.6 is 11.8 Å². The topological polar surface area (TPSA) is 26.3 Å². The number of hydrogen-bond donors (Lipinski definition) is 0. The number of cyclic esters (lactones) is 1. The molecule has 0 amide bonds. The SMILES string of the molecule is CC(C)[C@@H]1OC(=O)[C@H](C)S1. The van der Waals surface area contributed by atoms with E-state index in [0.717, 1.165) is 0 Å². The van der Waals surface area contributed by atoms with Gasteiger partial charge in [-0.25, -0.2) is 0 Å². The van der Waals surface area contributed by atoms with Crippen LogP contribution in [0.2, 0.25) is 0 Å². The maximum Gasteiger partial charge on any atom is 0.320 e. The molecule has 0 bridgehead atoms. The highest BCUT2D eigenvalue weighted by Gasteiger charge is 2.33. The summed E-state index contributed by atoms with van der Waals surface area (Å²) in [6.45, 7) is 6.00. The van der Waals surface area contributed by atoms with E-state index in [1.165, 1.54) is 0 Å². The average Bonchev–Trinajstić information content (AvgIpc) is 2.13. The summed E-state index contributed by atoms with van der Waals surface area (Å²) in [5.74, 6) is 0.364. The van der Waals surface area contributed by atoms with E-state index in [-0.39, 0.29) is 16.7 Å². The van der Waals surface area contributed by atoms with Crippen LogP contribution in [-0.4, -0.2) is 16.7 Å². The lowest BCUT2D eigenvalue weighted by Gasteiger charge is -2.10. The smallest absolute Gasteiger partial charge is 0.320 e. The van der Waals surface area contributed by atoms with Gasteiger partial charge in [-0.1, -0.05) is 13.8 Å². The van der Waals surface area contributed by atoms with Gasteiger partial charge < -0.3 is 4.74 Å². The number of esters is 1. The summed E-state index contributed by atoms with van der Waals surface area (Å²) in [7, 11) is 0. The summed E-state index contributed by atoms with van der Waals surface area (Å²) >= 11 is 1.61. The van der Waals surface area contributed by atoms with Gasteiger partial charge in [0.2, 0.25) is 0 Å². The third-order valence-corrected chi connectivity index (χ3v) is 2.96. The molecule has 1 aliphatic heterocycles. The maximum absolute atomic E-state index is 10.8. The Morgan fingerprint density at radius 1 is 1.60 bits per heavy atom. The third-order valence-electron chi connectivity index (χ3n) is 1.45. The first-order valence-electron chi connectivity index (χ1n) is 3.47. The van der Waals surface area contributed by atoms with E-state index in [2.05, 4.69) is 13.8 Å². The lowest BCUT2D eigenvalue weighted by molar-refractivity contribution is -0.143. The zero-order valence-electron chi connectivity index (χ0n) is 6.46. The summed E-state index contributed by atoms with van der Waals surface area (Å²) in [4.78, 5) is 10.8. The standard InChI is InChI=1S/C7H12O2S/c1-4(2)7-9-6(8)5(3)10-7/h4-5,7H,1-3H3/t5-,7+/m0/s1. The van der Waals surface area contributed by atoms with Crippen molar-refractivity contribution in [3.05, 3.63) is 0 Å². The Morgan fingerprint density at radius 3 is 2.40 bits per heavy atom. The molecular formula is C7H12O2S. The van der Waals surface area contributed by atoms with E-state index in [1.54, 1.807) is 11.8 Å².